The highest BCUT2D eigenvalue weighted by molar-refractivity contribution is 5.83. The maximum atomic E-state index is 15.4. The average Bonchev–Trinajstić information content (AvgIpc) is 3.26. The summed E-state index contributed by atoms with van der Waals surface area (Å²) in [6.07, 6.45) is 5.80. The van der Waals surface area contributed by atoms with Gasteiger partial charge in [-0.05, 0) is 66.8 Å². The number of likely N-dealkylation sites (N-methyl/N-ethyl adjacent to an activating group) is 1. The van der Waals surface area contributed by atoms with Gasteiger partial charge < -0.3 is 10.4 Å². The van der Waals surface area contributed by atoms with E-state index in [1.54, 1.807) is 37.4 Å². The van der Waals surface area contributed by atoms with E-state index < -0.39 is 18.0 Å². The van der Waals surface area contributed by atoms with Crippen LogP contribution in [0.2, 0.25) is 0 Å². The first kappa shape index (κ1) is 32.8. The molecule has 0 saturated carbocycles. The number of halogens is 1. The van der Waals surface area contributed by atoms with Gasteiger partial charge in [0.2, 0.25) is 0 Å². The fraction of sp³-hybridized carbons (Fsp3) is 0.378. The molecule has 2 aliphatic rings. The summed E-state index contributed by atoms with van der Waals surface area (Å²) in [5.41, 5.74) is 2.28. The van der Waals surface area contributed by atoms with Crippen molar-refractivity contribution >= 4 is 22.3 Å². The lowest BCUT2D eigenvalue weighted by molar-refractivity contribution is 0.0837. The predicted octanol–water partition coefficient (Wildman–Crippen LogP) is 4.49. The van der Waals surface area contributed by atoms with Crippen LogP contribution in [0.5, 0.6) is 0 Å². The van der Waals surface area contributed by atoms with E-state index in [1.807, 2.05) is 39.1 Å². The number of nitrogens with zero attached hydrogens (tertiary/aromatic N) is 7. The summed E-state index contributed by atoms with van der Waals surface area (Å²) >= 11 is 0. The van der Waals surface area contributed by atoms with E-state index in [9.17, 15) is 14.7 Å². The van der Waals surface area contributed by atoms with Crippen LogP contribution >= 0.6 is 0 Å². The number of likely N-dealkylation sites (tertiary alicyclic amines) is 1. The largest absolute Gasteiger partial charge is 0.392 e. The first-order valence-electron chi connectivity index (χ1n) is 16.6. The van der Waals surface area contributed by atoms with Crippen molar-refractivity contribution in [2.45, 2.75) is 64.3 Å². The van der Waals surface area contributed by atoms with Gasteiger partial charge in [0.25, 0.3) is 11.1 Å². The third-order valence-corrected chi connectivity index (χ3v) is 10.00. The molecule has 2 N–H and O–H groups in total. The lowest BCUT2D eigenvalue weighted by atomic mass is 9.86. The summed E-state index contributed by atoms with van der Waals surface area (Å²) in [5.74, 6) is -0.121. The molecular weight excluding hydrogens is 623 g/mol. The first-order valence-corrected chi connectivity index (χ1v) is 16.6. The van der Waals surface area contributed by atoms with Crippen molar-refractivity contribution in [3.63, 3.8) is 0 Å². The van der Waals surface area contributed by atoms with Crippen molar-refractivity contribution in [3.8, 4) is 16.9 Å². The molecule has 0 unspecified atom stereocenters. The fourth-order valence-corrected chi connectivity index (χ4v) is 7.17. The molecule has 0 amide bonds. The molecule has 2 bridgehead atoms. The van der Waals surface area contributed by atoms with Crippen molar-refractivity contribution in [2.24, 2.45) is 7.05 Å². The van der Waals surface area contributed by atoms with Gasteiger partial charge in [-0.3, -0.25) is 19.4 Å². The number of aryl methyl sites for hydroxylation is 1. The lowest BCUT2D eigenvalue weighted by Gasteiger charge is -2.38. The van der Waals surface area contributed by atoms with Crippen LogP contribution in [-0.4, -0.2) is 71.7 Å². The molecule has 7 rings (SSSR count). The van der Waals surface area contributed by atoms with Crippen LogP contribution < -0.4 is 16.4 Å². The van der Waals surface area contributed by atoms with E-state index in [0.29, 0.717) is 40.1 Å². The molecule has 2 saturated heterocycles. The van der Waals surface area contributed by atoms with Gasteiger partial charge in [-0.25, -0.2) is 14.1 Å². The molecule has 2 aromatic carbocycles. The van der Waals surface area contributed by atoms with E-state index in [0.717, 1.165) is 35.4 Å². The molecule has 0 radical (unpaired) electrons. The Bertz CT molecular complexity index is 2160. The molecular formula is C37H41FN8O3. The van der Waals surface area contributed by atoms with Gasteiger partial charge in [0, 0.05) is 61.5 Å². The minimum absolute atomic E-state index is 0.0850. The Labute approximate surface area is 283 Å². The highest BCUT2D eigenvalue weighted by Crippen LogP contribution is 2.31. The van der Waals surface area contributed by atoms with Gasteiger partial charge in [0.1, 0.15) is 17.3 Å². The van der Waals surface area contributed by atoms with Crippen molar-refractivity contribution < 1.29 is 9.50 Å². The van der Waals surface area contributed by atoms with Crippen LogP contribution in [0, 0.1) is 5.82 Å². The summed E-state index contributed by atoms with van der Waals surface area (Å²) in [6, 6.07) is 15.0. The van der Waals surface area contributed by atoms with E-state index in [-0.39, 0.29) is 27.7 Å². The van der Waals surface area contributed by atoms with Gasteiger partial charge in [-0.2, -0.15) is 14.9 Å². The molecule has 0 spiro atoms. The Hall–Kier alpha value is -4.78. The van der Waals surface area contributed by atoms with Gasteiger partial charge in [-0.15, -0.1) is 0 Å². The average molecular weight is 665 g/mol. The van der Waals surface area contributed by atoms with Crippen LogP contribution in [0.25, 0.3) is 27.7 Å². The van der Waals surface area contributed by atoms with Crippen LogP contribution in [0.15, 0.2) is 70.5 Å². The second-order valence-corrected chi connectivity index (χ2v) is 14.3. The minimum atomic E-state index is -0.646. The topological polar surface area (TPSA) is 121 Å². The first-order chi connectivity index (χ1) is 23.4. The van der Waals surface area contributed by atoms with Crippen molar-refractivity contribution in [2.75, 3.05) is 25.5 Å². The normalized spacial score (nSPS) is 18.3. The number of piperazine rings is 1. The number of aromatic nitrogens is 5. The summed E-state index contributed by atoms with van der Waals surface area (Å²) in [4.78, 5) is 36.4. The van der Waals surface area contributed by atoms with Crippen molar-refractivity contribution in [3.05, 3.63) is 104 Å². The number of fused-ring (bicyclic) bond motifs is 3. The SMILES string of the molecule is CN1[C@@H]2CC[C@H]1CN(Cc1ccc(Nc3cc(-c4cccc(-n5ncc6cc(C(C)(C)C)cc(F)c6c5=O)c4CO)nn(C)c3=O)nc1)C2. The van der Waals surface area contributed by atoms with Crippen molar-refractivity contribution in [1.82, 2.24) is 34.3 Å². The molecule has 2 atom stereocenters. The lowest BCUT2D eigenvalue weighted by Crippen LogP contribution is -2.51. The van der Waals surface area contributed by atoms with E-state index >= 15 is 4.39 Å². The third kappa shape index (κ3) is 6.16. The van der Waals surface area contributed by atoms with Crippen LogP contribution in [0.4, 0.5) is 15.9 Å². The smallest absolute Gasteiger partial charge is 0.290 e. The number of hydrogen-bond acceptors (Lipinski definition) is 9. The fourth-order valence-electron chi connectivity index (χ4n) is 7.17. The standard InChI is InChI=1S/C37H41FN8O3/c1-37(2,3)24-13-23-17-40-46(36(49)34(23)29(38)14-24)32-8-6-7-27(28(32)21-47)30-15-31(35(48)44(5)42-30)41-33-12-9-22(16-39-33)18-45-19-25-10-11-26(20-45)43(25)4/h6-9,12-17,25-26,47H,10-11,18-21H2,1-5H3,(H,39,41)/t25-,26+. The predicted molar refractivity (Wildman–Crippen MR) is 188 cm³/mol. The molecule has 5 aromatic rings. The van der Waals surface area contributed by atoms with Crippen molar-refractivity contribution in [1.29, 1.82) is 0 Å². The molecule has 12 heteroatoms. The monoisotopic (exact) mass is 664 g/mol. The zero-order chi connectivity index (χ0) is 34.6. The summed E-state index contributed by atoms with van der Waals surface area (Å²) in [6.45, 7) is 8.40. The number of aliphatic hydroxyl groups excluding tert-OH is 1. The van der Waals surface area contributed by atoms with E-state index in [4.69, 9.17) is 0 Å². The van der Waals surface area contributed by atoms with Gasteiger partial charge in [0.05, 0.1) is 29.6 Å². The van der Waals surface area contributed by atoms with Gasteiger partial charge >= 0.3 is 0 Å². The van der Waals surface area contributed by atoms with E-state index in [2.05, 4.69) is 37.3 Å². The number of benzene rings is 2. The Morgan fingerprint density at radius 2 is 1.73 bits per heavy atom. The highest BCUT2D eigenvalue weighted by Gasteiger charge is 2.37. The summed E-state index contributed by atoms with van der Waals surface area (Å²) in [7, 11) is 3.77. The number of rotatable bonds is 7. The number of pyridine rings is 1. The Morgan fingerprint density at radius 1 is 0.980 bits per heavy atom. The Kier molecular flexibility index (Phi) is 8.42. The summed E-state index contributed by atoms with van der Waals surface area (Å²) in [5, 5.41) is 22.9. The zero-order valence-corrected chi connectivity index (χ0v) is 28.4. The highest BCUT2D eigenvalue weighted by atomic mass is 19.1. The molecule has 254 valence electrons. The zero-order valence-electron chi connectivity index (χ0n) is 28.4. The van der Waals surface area contributed by atoms with E-state index in [1.165, 1.54) is 29.8 Å². The van der Waals surface area contributed by atoms with Gasteiger partial charge in [0.15, 0.2) is 0 Å². The number of nitrogens with one attached hydrogen (secondary N) is 1. The third-order valence-electron chi connectivity index (χ3n) is 10.00. The van der Waals surface area contributed by atoms with Gasteiger partial charge in [-0.1, -0.05) is 39.0 Å². The maximum Gasteiger partial charge on any atom is 0.290 e. The minimum Gasteiger partial charge on any atom is -0.392 e. The molecule has 49 heavy (non-hydrogen) atoms. The summed E-state index contributed by atoms with van der Waals surface area (Å²) < 4.78 is 17.7. The molecule has 3 aromatic heterocycles. The molecule has 0 aliphatic carbocycles. The Morgan fingerprint density at radius 3 is 2.41 bits per heavy atom. The maximum absolute atomic E-state index is 15.4. The molecule has 5 heterocycles. The molecule has 2 fully saturated rings. The number of hydrogen-bond donors (Lipinski definition) is 2. The second kappa shape index (κ2) is 12.6. The van der Waals surface area contributed by atoms with Crippen LogP contribution in [-0.2, 0) is 25.6 Å². The quantitative estimate of drug-likeness (QED) is 0.259. The Balaban J connectivity index is 1.18. The number of aliphatic hydroxyl groups is 1. The van der Waals surface area contributed by atoms with Crippen LogP contribution in [0.1, 0.15) is 50.3 Å². The molecule has 2 aliphatic heterocycles. The van der Waals surface area contributed by atoms with Crippen LogP contribution in [0.3, 0.4) is 0 Å². The molecule has 11 nitrogen and oxygen atoms in total. The number of anilines is 2. The second-order valence-electron chi connectivity index (χ2n) is 14.3.